The molecule has 0 radical (unpaired) electrons. The molecular weight excluding hydrogens is 329 g/mol. The molecule has 2 unspecified atom stereocenters. The number of amides is 3. The van der Waals surface area contributed by atoms with Crippen molar-refractivity contribution < 1.29 is 23.9 Å². The van der Waals surface area contributed by atoms with Gasteiger partial charge in [0.1, 0.15) is 5.82 Å². The second kappa shape index (κ2) is 7.08. The number of likely N-dealkylation sites (tertiary alicyclic amines) is 1. The lowest BCUT2D eigenvalue weighted by Crippen LogP contribution is -2.50. The van der Waals surface area contributed by atoms with Gasteiger partial charge in [-0.3, -0.25) is 9.59 Å². The van der Waals surface area contributed by atoms with E-state index in [0.29, 0.717) is 19.4 Å². The van der Waals surface area contributed by atoms with Crippen molar-refractivity contribution in [3.63, 3.8) is 0 Å². The number of anilines is 1. The van der Waals surface area contributed by atoms with Crippen molar-refractivity contribution >= 4 is 23.6 Å². The number of carboxylic acids is 1. The number of nitrogens with one attached hydrogen (secondary N) is 1. The molecule has 2 aliphatic heterocycles. The number of urea groups is 1. The minimum atomic E-state index is -0.903. The highest BCUT2D eigenvalue weighted by molar-refractivity contribution is 5.96. The number of hydrogen-bond donors (Lipinski definition) is 2. The third kappa shape index (κ3) is 3.72. The first-order valence-electron chi connectivity index (χ1n) is 8.29. The van der Waals surface area contributed by atoms with Crippen LogP contribution in [0.4, 0.5) is 14.9 Å². The summed E-state index contributed by atoms with van der Waals surface area (Å²) in [5.41, 5.74) is 0.202. The molecule has 0 bridgehead atoms. The Morgan fingerprint density at radius 3 is 2.72 bits per heavy atom. The summed E-state index contributed by atoms with van der Waals surface area (Å²) in [6.45, 7) is 0.855. The van der Waals surface area contributed by atoms with Crippen LogP contribution in [0.15, 0.2) is 24.3 Å². The maximum Gasteiger partial charge on any atom is 0.317 e. The molecule has 3 amide bonds. The second-order valence-electron chi connectivity index (χ2n) is 6.43. The topological polar surface area (TPSA) is 90.0 Å². The predicted octanol–water partition coefficient (Wildman–Crippen LogP) is 1.44. The average Bonchev–Trinajstić information content (AvgIpc) is 2.95. The first-order valence-corrected chi connectivity index (χ1v) is 8.29. The molecule has 134 valence electrons. The van der Waals surface area contributed by atoms with Crippen LogP contribution in [0, 0.1) is 11.7 Å². The highest BCUT2D eigenvalue weighted by atomic mass is 19.1. The quantitative estimate of drug-likeness (QED) is 0.864. The number of halogens is 1. The summed E-state index contributed by atoms with van der Waals surface area (Å²) in [6.07, 6.45) is 1.29. The van der Waals surface area contributed by atoms with Gasteiger partial charge in [-0.15, -0.1) is 0 Å². The van der Waals surface area contributed by atoms with E-state index in [1.807, 2.05) is 0 Å². The fourth-order valence-electron chi connectivity index (χ4n) is 3.34. The first kappa shape index (κ1) is 17.2. The molecule has 2 N–H and O–H groups in total. The van der Waals surface area contributed by atoms with Crippen molar-refractivity contribution in [1.82, 2.24) is 10.2 Å². The Bertz CT molecular complexity index is 696. The van der Waals surface area contributed by atoms with Crippen LogP contribution in [0.2, 0.25) is 0 Å². The minimum Gasteiger partial charge on any atom is -0.481 e. The number of benzene rings is 1. The van der Waals surface area contributed by atoms with Crippen LogP contribution in [0.5, 0.6) is 0 Å². The molecule has 2 aliphatic rings. The molecule has 0 spiro atoms. The Hall–Kier alpha value is -2.64. The number of aliphatic carboxylic acids is 1. The monoisotopic (exact) mass is 349 g/mol. The van der Waals surface area contributed by atoms with Crippen LogP contribution in [0.3, 0.4) is 0 Å². The number of carboxylic acid groups (broad SMARTS) is 1. The Morgan fingerprint density at radius 1 is 1.24 bits per heavy atom. The van der Waals surface area contributed by atoms with Crippen LogP contribution in [0.25, 0.3) is 0 Å². The third-order valence-corrected chi connectivity index (χ3v) is 4.65. The molecule has 1 aromatic rings. The van der Waals surface area contributed by atoms with E-state index in [0.717, 1.165) is 0 Å². The summed E-state index contributed by atoms with van der Waals surface area (Å²) < 4.78 is 13.9. The molecule has 3 rings (SSSR count). The molecule has 0 aliphatic carbocycles. The van der Waals surface area contributed by atoms with Gasteiger partial charge in [-0.05, 0) is 25.0 Å². The summed E-state index contributed by atoms with van der Waals surface area (Å²) in [5.74, 6) is -2.19. The summed E-state index contributed by atoms with van der Waals surface area (Å²) in [4.78, 5) is 38.4. The molecule has 0 saturated carbocycles. The van der Waals surface area contributed by atoms with Gasteiger partial charge in [0.2, 0.25) is 5.91 Å². The minimum absolute atomic E-state index is 0.0935. The van der Waals surface area contributed by atoms with Gasteiger partial charge < -0.3 is 20.2 Å². The van der Waals surface area contributed by atoms with Crippen molar-refractivity contribution in [2.45, 2.75) is 25.3 Å². The molecule has 2 atom stereocenters. The lowest BCUT2D eigenvalue weighted by molar-refractivity contribution is -0.143. The molecule has 2 heterocycles. The van der Waals surface area contributed by atoms with E-state index in [1.54, 1.807) is 12.1 Å². The van der Waals surface area contributed by atoms with Gasteiger partial charge in [0, 0.05) is 26.1 Å². The van der Waals surface area contributed by atoms with Gasteiger partial charge in [-0.2, -0.15) is 0 Å². The molecule has 8 heteroatoms. The molecule has 1 aromatic carbocycles. The zero-order valence-electron chi connectivity index (χ0n) is 13.7. The maximum absolute atomic E-state index is 13.9. The van der Waals surface area contributed by atoms with E-state index >= 15 is 0 Å². The van der Waals surface area contributed by atoms with Gasteiger partial charge in [0.25, 0.3) is 0 Å². The SMILES string of the molecule is O=C(O)C1CCCN(C(=O)NC2CC(=O)N(c3ccccc3F)C2)C1. The molecular formula is C17H20FN3O4. The van der Waals surface area contributed by atoms with E-state index in [-0.39, 0.29) is 37.1 Å². The highest BCUT2D eigenvalue weighted by Gasteiger charge is 2.35. The largest absolute Gasteiger partial charge is 0.481 e. The van der Waals surface area contributed by atoms with Gasteiger partial charge in [-0.1, -0.05) is 12.1 Å². The van der Waals surface area contributed by atoms with Crippen LogP contribution >= 0.6 is 0 Å². The van der Waals surface area contributed by atoms with Gasteiger partial charge in [0.15, 0.2) is 0 Å². The van der Waals surface area contributed by atoms with E-state index in [4.69, 9.17) is 5.11 Å². The van der Waals surface area contributed by atoms with Gasteiger partial charge >= 0.3 is 12.0 Å². The lowest BCUT2D eigenvalue weighted by atomic mass is 9.99. The van der Waals surface area contributed by atoms with Crippen molar-refractivity contribution in [2.75, 3.05) is 24.5 Å². The third-order valence-electron chi connectivity index (χ3n) is 4.65. The Labute approximate surface area is 144 Å². The van der Waals surface area contributed by atoms with Crippen molar-refractivity contribution in [2.24, 2.45) is 5.92 Å². The Morgan fingerprint density at radius 2 is 2.00 bits per heavy atom. The van der Waals surface area contributed by atoms with Crippen molar-refractivity contribution in [3.05, 3.63) is 30.1 Å². The first-order chi connectivity index (χ1) is 12.0. The van der Waals surface area contributed by atoms with Crippen molar-refractivity contribution in [3.8, 4) is 0 Å². The fourth-order valence-corrected chi connectivity index (χ4v) is 3.34. The molecule has 0 aromatic heterocycles. The Kier molecular flexibility index (Phi) is 4.87. The summed E-state index contributed by atoms with van der Waals surface area (Å²) in [5, 5.41) is 11.9. The zero-order valence-corrected chi connectivity index (χ0v) is 13.7. The van der Waals surface area contributed by atoms with Gasteiger partial charge in [0.05, 0.1) is 17.6 Å². The fraction of sp³-hybridized carbons (Fsp3) is 0.471. The Balaban J connectivity index is 1.61. The van der Waals surface area contributed by atoms with E-state index < -0.39 is 23.7 Å². The number of hydrogen-bond acceptors (Lipinski definition) is 3. The standard InChI is InChI=1S/C17H20FN3O4/c18-13-5-1-2-6-14(13)21-10-12(8-15(21)22)19-17(25)20-7-3-4-11(9-20)16(23)24/h1-2,5-6,11-12H,3-4,7-10H2,(H,19,25)(H,23,24). The van der Waals surface area contributed by atoms with Crippen molar-refractivity contribution in [1.29, 1.82) is 0 Å². The van der Waals surface area contributed by atoms with Gasteiger partial charge in [-0.25, -0.2) is 9.18 Å². The van der Waals surface area contributed by atoms with Crippen LogP contribution in [0.1, 0.15) is 19.3 Å². The normalized spacial score (nSPS) is 23.6. The number of nitrogens with zero attached hydrogens (tertiary/aromatic N) is 2. The molecule has 7 nitrogen and oxygen atoms in total. The predicted molar refractivity (Wildman–Crippen MR) is 87.6 cm³/mol. The van der Waals surface area contributed by atoms with Crippen LogP contribution in [-0.4, -0.2) is 53.6 Å². The summed E-state index contributed by atoms with van der Waals surface area (Å²) in [6, 6.07) is 5.21. The number of rotatable bonds is 3. The molecule has 2 saturated heterocycles. The highest BCUT2D eigenvalue weighted by Crippen LogP contribution is 2.24. The smallest absolute Gasteiger partial charge is 0.317 e. The maximum atomic E-state index is 13.9. The van der Waals surface area contributed by atoms with E-state index in [9.17, 15) is 18.8 Å². The summed E-state index contributed by atoms with van der Waals surface area (Å²) in [7, 11) is 0. The number of carbonyl (C=O) groups is 3. The lowest BCUT2D eigenvalue weighted by Gasteiger charge is -2.31. The number of carbonyl (C=O) groups excluding carboxylic acids is 2. The molecule has 25 heavy (non-hydrogen) atoms. The second-order valence-corrected chi connectivity index (χ2v) is 6.43. The van der Waals surface area contributed by atoms with E-state index in [1.165, 1.54) is 21.9 Å². The van der Waals surface area contributed by atoms with E-state index in [2.05, 4.69) is 5.32 Å². The summed E-state index contributed by atoms with van der Waals surface area (Å²) >= 11 is 0. The zero-order chi connectivity index (χ0) is 18.0. The number of piperidine rings is 1. The average molecular weight is 349 g/mol. The number of para-hydroxylation sites is 1. The van der Waals surface area contributed by atoms with Crippen LogP contribution < -0.4 is 10.2 Å². The van der Waals surface area contributed by atoms with Crippen LogP contribution in [-0.2, 0) is 9.59 Å². The molecule has 2 fully saturated rings.